The van der Waals surface area contributed by atoms with Crippen molar-refractivity contribution in [2.24, 2.45) is 11.8 Å². The second kappa shape index (κ2) is 9.19. The molecular formula is C24H28N4O5S. The van der Waals surface area contributed by atoms with E-state index in [-0.39, 0.29) is 22.5 Å². The van der Waals surface area contributed by atoms with Crippen LogP contribution in [0.1, 0.15) is 37.6 Å². The highest BCUT2D eigenvalue weighted by atomic mass is 32.2. The summed E-state index contributed by atoms with van der Waals surface area (Å²) in [5, 5.41) is 3.04. The van der Waals surface area contributed by atoms with Gasteiger partial charge in [0, 0.05) is 30.9 Å². The Bertz CT molecular complexity index is 1450. The number of aromatic amines is 1. The normalized spacial score (nSPS) is 19.3. The fourth-order valence-corrected chi connectivity index (χ4v) is 6.23. The van der Waals surface area contributed by atoms with Crippen LogP contribution in [0.25, 0.3) is 10.9 Å². The predicted molar refractivity (Wildman–Crippen MR) is 131 cm³/mol. The van der Waals surface area contributed by atoms with Gasteiger partial charge in [0.15, 0.2) is 0 Å². The van der Waals surface area contributed by atoms with Crippen LogP contribution in [0.3, 0.4) is 0 Å². The van der Waals surface area contributed by atoms with Crippen molar-refractivity contribution >= 4 is 32.5 Å². The van der Waals surface area contributed by atoms with Gasteiger partial charge >= 0.3 is 5.69 Å². The number of nitrogens with one attached hydrogen (secondary N) is 2. The number of amides is 1. The van der Waals surface area contributed by atoms with E-state index in [0.717, 1.165) is 11.0 Å². The van der Waals surface area contributed by atoms with Gasteiger partial charge in [-0.1, -0.05) is 13.8 Å². The van der Waals surface area contributed by atoms with Crippen molar-refractivity contribution in [2.75, 3.05) is 18.4 Å². The first-order chi connectivity index (χ1) is 16.1. The highest BCUT2D eigenvalue weighted by Crippen LogP contribution is 2.27. The molecule has 2 unspecified atom stereocenters. The van der Waals surface area contributed by atoms with E-state index in [1.807, 2.05) is 0 Å². The van der Waals surface area contributed by atoms with Crippen LogP contribution in [0, 0.1) is 11.8 Å². The summed E-state index contributed by atoms with van der Waals surface area (Å²) < 4.78 is 28.7. The van der Waals surface area contributed by atoms with Crippen LogP contribution >= 0.6 is 0 Å². The summed E-state index contributed by atoms with van der Waals surface area (Å²) in [5.41, 5.74) is 0.0113. The maximum absolute atomic E-state index is 13.0. The zero-order valence-electron chi connectivity index (χ0n) is 19.4. The number of sulfonamides is 1. The van der Waals surface area contributed by atoms with E-state index in [0.29, 0.717) is 36.0 Å². The molecule has 0 saturated carbocycles. The molecule has 1 amide bonds. The molecule has 2 aromatic carbocycles. The van der Waals surface area contributed by atoms with Crippen molar-refractivity contribution in [2.45, 2.75) is 38.6 Å². The number of anilines is 1. The molecule has 1 aliphatic heterocycles. The van der Waals surface area contributed by atoms with Gasteiger partial charge in [-0.3, -0.25) is 14.2 Å². The van der Waals surface area contributed by atoms with E-state index < -0.39 is 27.2 Å². The summed E-state index contributed by atoms with van der Waals surface area (Å²) in [6, 6.07) is 10.5. The van der Waals surface area contributed by atoms with Gasteiger partial charge in [0.05, 0.1) is 15.8 Å². The van der Waals surface area contributed by atoms with Gasteiger partial charge in [0.25, 0.3) is 11.5 Å². The first-order valence-corrected chi connectivity index (χ1v) is 12.7. The Morgan fingerprint density at radius 3 is 2.32 bits per heavy atom. The SMILES string of the molecule is CCn1c(=O)[nH]c2cc(C(=O)Nc3ccc(S(=O)(=O)N4CC(C)CC(C)C4)cc3)ccc2c1=O. The largest absolute Gasteiger partial charge is 0.328 e. The topological polar surface area (TPSA) is 121 Å². The van der Waals surface area contributed by atoms with Crippen molar-refractivity contribution in [3.63, 3.8) is 0 Å². The van der Waals surface area contributed by atoms with E-state index in [2.05, 4.69) is 24.1 Å². The van der Waals surface area contributed by atoms with Crippen LogP contribution in [-0.4, -0.2) is 41.3 Å². The van der Waals surface area contributed by atoms with Gasteiger partial charge in [-0.25, -0.2) is 13.2 Å². The minimum absolute atomic E-state index is 0.183. The smallest absolute Gasteiger partial charge is 0.322 e. The van der Waals surface area contributed by atoms with E-state index in [1.54, 1.807) is 19.1 Å². The second-order valence-electron chi connectivity index (χ2n) is 8.99. The lowest BCUT2D eigenvalue weighted by molar-refractivity contribution is 0.102. The predicted octanol–water partition coefficient (Wildman–Crippen LogP) is 2.63. The Labute approximate surface area is 197 Å². The quantitative estimate of drug-likeness (QED) is 0.577. The average molecular weight is 485 g/mol. The molecule has 1 saturated heterocycles. The number of fused-ring (bicyclic) bond motifs is 1. The molecule has 0 spiro atoms. The van der Waals surface area contributed by atoms with Crippen molar-refractivity contribution in [1.29, 1.82) is 0 Å². The summed E-state index contributed by atoms with van der Waals surface area (Å²) in [6.07, 6.45) is 1.01. The lowest BCUT2D eigenvalue weighted by Crippen LogP contribution is -2.42. The van der Waals surface area contributed by atoms with Gasteiger partial charge in [-0.2, -0.15) is 4.31 Å². The summed E-state index contributed by atoms with van der Waals surface area (Å²) in [7, 11) is -3.61. The zero-order valence-corrected chi connectivity index (χ0v) is 20.2. The Morgan fingerprint density at radius 1 is 1.06 bits per heavy atom. The number of hydrogen-bond donors (Lipinski definition) is 2. The third-order valence-electron chi connectivity index (χ3n) is 6.15. The first kappa shape index (κ1) is 23.9. The third-order valence-corrected chi connectivity index (χ3v) is 7.99. The number of rotatable bonds is 5. The van der Waals surface area contributed by atoms with Crippen LogP contribution < -0.4 is 16.6 Å². The Kier molecular flexibility index (Phi) is 6.46. The van der Waals surface area contributed by atoms with Crippen molar-refractivity contribution < 1.29 is 13.2 Å². The summed E-state index contributed by atoms with van der Waals surface area (Å²) in [6.45, 7) is 7.05. The number of carbonyl (C=O) groups excluding carboxylic acids is 1. The molecule has 1 aromatic heterocycles. The maximum atomic E-state index is 13.0. The van der Waals surface area contributed by atoms with E-state index in [9.17, 15) is 22.8 Å². The molecule has 0 radical (unpaired) electrons. The molecular weight excluding hydrogens is 456 g/mol. The van der Waals surface area contributed by atoms with Gasteiger partial charge in [-0.15, -0.1) is 0 Å². The number of hydrogen-bond acceptors (Lipinski definition) is 5. The molecule has 3 aromatic rings. The number of benzene rings is 2. The molecule has 2 N–H and O–H groups in total. The third kappa shape index (κ3) is 4.55. The minimum atomic E-state index is -3.61. The summed E-state index contributed by atoms with van der Waals surface area (Å²) >= 11 is 0. The van der Waals surface area contributed by atoms with E-state index >= 15 is 0 Å². The lowest BCUT2D eigenvalue weighted by Gasteiger charge is -2.34. The fourth-order valence-electron chi connectivity index (χ4n) is 4.55. The van der Waals surface area contributed by atoms with Crippen LogP contribution in [0.4, 0.5) is 5.69 Å². The van der Waals surface area contributed by atoms with Gasteiger partial charge in [-0.05, 0) is 67.6 Å². The molecule has 1 aliphatic rings. The lowest BCUT2D eigenvalue weighted by atomic mass is 9.94. The molecule has 34 heavy (non-hydrogen) atoms. The molecule has 2 atom stereocenters. The number of carbonyl (C=O) groups is 1. The van der Waals surface area contributed by atoms with Gasteiger partial charge < -0.3 is 10.3 Å². The van der Waals surface area contributed by atoms with Gasteiger partial charge in [0.2, 0.25) is 10.0 Å². The molecule has 9 nitrogen and oxygen atoms in total. The Morgan fingerprint density at radius 2 is 1.71 bits per heavy atom. The second-order valence-corrected chi connectivity index (χ2v) is 10.9. The van der Waals surface area contributed by atoms with E-state index in [1.165, 1.54) is 34.6 Å². The standard InChI is InChI=1S/C24H28N4O5S/c1-4-28-23(30)20-10-5-17(12-21(20)26-24(28)31)22(29)25-18-6-8-19(9-7-18)34(32,33)27-13-15(2)11-16(3)14-27/h5-10,12,15-16H,4,11,13-14H2,1-3H3,(H,25,29)(H,26,31). The molecule has 0 aliphatic carbocycles. The van der Waals surface area contributed by atoms with Crippen molar-refractivity contribution in [1.82, 2.24) is 13.9 Å². The maximum Gasteiger partial charge on any atom is 0.328 e. The number of nitrogens with zero attached hydrogens (tertiary/aromatic N) is 2. The van der Waals surface area contributed by atoms with Crippen LogP contribution in [0.5, 0.6) is 0 Å². The van der Waals surface area contributed by atoms with Crippen LogP contribution in [0.15, 0.2) is 56.9 Å². The molecule has 180 valence electrons. The van der Waals surface area contributed by atoms with Crippen LogP contribution in [0.2, 0.25) is 0 Å². The average Bonchev–Trinajstić information content (AvgIpc) is 2.78. The monoisotopic (exact) mass is 484 g/mol. The molecule has 0 bridgehead atoms. The number of aromatic nitrogens is 2. The zero-order chi connectivity index (χ0) is 24.6. The summed E-state index contributed by atoms with van der Waals surface area (Å²) in [5.74, 6) is 0.161. The highest BCUT2D eigenvalue weighted by Gasteiger charge is 2.31. The van der Waals surface area contributed by atoms with Crippen LogP contribution in [-0.2, 0) is 16.6 Å². The fraction of sp³-hybridized carbons (Fsp3) is 0.375. The molecule has 2 heterocycles. The van der Waals surface area contributed by atoms with Crippen molar-refractivity contribution in [3.8, 4) is 0 Å². The Balaban J connectivity index is 1.53. The number of H-pyrrole nitrogens is 1. The molecule has 4 rings (SSSR count). The summed E-state index contributed by atoms with van der Waals surface area (Å²) in [4.78, 5) is 40.0. The molecule has 1 fully saturated rings. The van der Waals surface area contributed by atoms with E-state index in [4.69, 9.17) is 0 Å². The Hall–Kier alpha value is -3.24. The van der Waals surface area contributed by atoms with Gasteiger partial charge in [0.1, 0.15) is 0 Å². The minimum Gasteiger partial charge on any atom is -0.322 e. The van der Waals surface area contributed by atoms with Crippen molar-refractivity contribution in [3.05, 3.63) is 68.9 Å². The number of piperidine rings is 1. The first-order valence-electron chi connectivity index (χ1n) is 11.3. The molecule has 10 heteroatoms. The highest BCUT2D eigenvalue weighted by molar-refractivity contribution is 7.89.